The highest BCUT2D eigenvalue weighted by atomic mass is 79.9. The summed E-state index contributed by atoms with van der Waals surface area (Å²) in [4.78, 5) is 25.3. The van der Waals surface area contributed by atoms with Gasteiger partial charge in [-0.1, -0.05) is 30.3 Å². The minimum absolute atomic E-state index is 0.117. The second-order valence-electron chi connectivity index (χ2n) is 5.61. The number of carbonyl (C=O) groups excluding carboxylic acids is 1. The van der Waals surface area contributed by atoms with Crippen LogP contribution in [0.2, 0.25) is 0 Å². The molecule has 1 aromatic carbocycles. The summed E-state index contributed by atoms with van der Waals surface area (Å²) in [5, 5.41) is 5.64. The van der Waals surface area contributed by atoms with Crippen LogP contribution in [0.25, 0.3) is 0 Å². The van der Waals surface area contributed by atoms with Gasteiger partial charge < -0.3 is 9.84 Å². The number of thiophene rings is 1. The summed E-state index contributed by atoms with van der Waals surface area (Å²) in [6.45, 7) is 0. The standard InChI is InChI=1S/C18H17BrN2O3S/c1-24-16(22)10-12(14-7-8-15(19)25-14)17-13(20-21-18(17)23)9-11-5-3-2-4-6-11/h2-8,12H,9-10H2,1H3,(H2,20,21,23). The van der Waals surface area contributed by atoms with Crippen LogP contribution in [0.5, 0.6) is 0 Å². The minimum atomic E-state index is -0.350. The molecule has 0 aliphatic rings. The number of esters is 1. The first-order valence-corrected chi connectivity index (χ1v) is 9.34. The lowest BCUT2D eigenvalue weighted by Gasteiger charge is -2.14. The van der Waals surface area contributed by atoms with Gasteiger partial charge in [-0.15, -0.1) is 11.3 Å². The zero-order chi connectivity index (χ0) is 17.8. The van der Waals surface area contributed by atoms with Gasteiger partial charge in [-0.3, -0.25) is 14.7 Å². The molecule has 0 aliphatic heterocycles. The average Bonchev–Trinajstić information content (AvgIpc) is 3.20. The number of aromatic amines is 2. The summed E-state index contributed by atoms with van der Waals surface area (Å²) in [7, 11) is 1.36. The van der Waals surface area contributed by atoms with Crippen LogP contribution in [0.4, 0.5) is 0 Å². The molecule has 25 heavy (non-hydrogen) atoms. The Hall–Kier alpha value is -2.12. The quantitative estimate of drug-likeness (QED) is 0.595. The first-order chi connectivity index (χ1) is 12.1. The monoisotopic (exact) mass is 420 g/mol. The van der Waals surface area contributed by atoms with Crippen molar-refractivity contribution < 1.29 is 9.53 Å². The number of H-pyrrole nitrogens is 2. The third-order valence-electron chi connectivity index (χ3n) is 4.00. The van der Waals surface area contributed by atoms with Crippen LogP contribution in [0.1, 0.15) is 34.0 Å². The molecule has 0 fully saturated rings. The van der Waals surface area contributed by atoms with E-state index < -0.39 is 0 Å². The molecule has 3 rings (SSSR count). The number of rotatable bonds is 6. The summed E-state index contributed by atoms with van der Waals surface area (Å²) in [5.41, 5.74) is 2.26. The molecule has 1 atom stereocenters. The van der Waals surface area contributed by atoms with Gasteiger partial charge in [0.2, 0.25) is 0 Å². The molecule has 0 aliphatic carbocycles. The lowest BCUT2D eigenvalue weighted by molar-refractivity contribution is -0.140. The molecule has 0 bridgehead atoms. The zero-order valence-electron chi connectivity index (χ0n) is 13.5. The van der Waals surface area contributed by atoms with Crippen molar-refractivity contribution in [3.63, 3.8) is 0 Å². The Bertz CT molecular complexity index is 914. The van der Waals surface area contributed by atoms with Gasteiger partial charge in [0.15, 0.2) is 0 Å². The van der Waals surface area contributed by atoms with Gasteiger partial charge in [0.1, 0.15) is 0 Å². The molecule has 7 heteroatoms. The lowest BCUT2D eigenvalue weighted by atomic mass is 9.92. The summed E-state index contributed by atoms with van der Waals surface area (Å²) in [6, 6.07) is 13.7. The number of carbonyl (C=O) groups is 1. The summed E-state index contributed by atoms with van der Waals surface area (Å²) >= 11 is 4.96. The molecular formula is C18H17BrN2O3S. The number of ether oxygens (including phenoxy) is 1. The minimum Gasteiger partial charge on any atom is -0.469 e. The van der Waals surface area contributed by atoms with E-state index in [2.05, 4.69) is 26.1 Å². The van der Waals surface area contributed by atoms with Crippen molar-refractivity contribution >= 4 is 33.2 Å². The Morgan fingerprint density at radius 3 is 2.60 bits per heavy atom. The third-order valence-corrected chi connectivity index (χ3v) is 5.74. The Kier molecular flexibility index (Phi) is 5.55. The van der Waals surface area contributed by atoms with Crippen LogP contribution in [-0.2, 0) is 16.0 Å². The molecule has 0 saturated carbocycles. The molecule has 3 aromatic rings. The Morgan fingerprint density at radius 2 is 1.96 bits per heavy atom. The highest BCUT2D eigenvalue weighted by Gasteiger charge is 2.27. The van der Waals surface area contributed by atoms with Crippen molar-refractivity contribution in [2.24, 2.45) is 0 Å². The van der Waals surface area contributed by atoms with E-state index >= 15 is 0 Å². The number of methoxy groups -OCH3 is 1. The van der Waals surface area contributed by atoms with E-state index in [9.17, 15) is 9.59 Å². The fraction of sp³-hybridized carbons (Fsp3) is 0.222. The smallest absolute Gasteiger partial charge is 0.306 e. The van der Waals surface area contributed by atoms with Gasteiger partial charge in [-0.05, 0) is 33.6 Å². The van der Waals surface area contributed by atoms with Crippen molar-refractivity contribution in [3.8, 4) is 0 Å². The maximum absolute atomic E-state index is 12.5. The van der Waals surface area contributed by atoms with Crippen molar-refractivity contribution in [1.29, 1.82) is 0 Å². The summed E-state index contributed by atoms with van der Waals surface area (Å²) in [6.07, 6.45) is 0.700. The second-order valence-corrected chi connectivity index (χ2v) is 8.10. The number of hydrogen-bond donors (Lipinski definition) is 2. The molecule has 0 saturated heterocycles. The molecule has 0 amide bonds. The highest BCUT2D eigenvalue weighted by Crippen LogP contribution is 2.35. The van der Waals surface area contributed by atoms with Crippen LogP contribution in [-0.4, -0.2) is 23.3 Å². The lowest BCUT2D eigenvalue weighted by Crippen LogP contribution is -2.17. The summed E-state index contributed by atoms with van der Waals surface area (Å²) < 4.78 is 5.79. The van der Waals surface area contributed by atoms with Crippen molar-refractivity contribution in [1.82, 2.24) is 10.2 Å². The Labute approximate surface area is 157 Å². The molecule has 0 spiro atoms. The number of benzene rings is 1. The van der Waals surface area contributed by atoms with Gasteiger partial charge in [0.25, 0.3) is 5.56 Å². The number of halogens is 1. The number of aromatic nitrogens is 2. The van der Waals surface area contributed by atoms with Gasteiger partial charge in [-0.25, -0.2) is 0 Å². The molecule has 2 N–H and O–H groups in total. The fourth-order valence-electron chi connectivity index (χ4n) is 2.82. The van der Waals surface area contributed by atoms with Gasteiger partial charge >= 0.3 is 5.97 Å². The van der Waals surface area contributed by atoms with E-state index in [0.717, 1.165) is 19.9 Å². The highest BCUT2D eigenvalue weighted by molar-refractivity contribution is 9.11. The van der Waals surface area contributed by atoms with Gasteiger partial charge in [-0.2, -0.15) is 0 Å². The number of hydrogen-bond acceptors (Lipinski definition) is 4. The molecule has 5 nitrogen and oxygen atoms in total. The molecular weight excluding hydrogens is 404 g/mol. The van der Waals surface area contributed by atoms with Crippen molar-refractivity contribution in [3.05, 3.63) is 78.3 Å². The molecule has 2 aromatic heterocycles. The van der Waals surface area contributed by atoms with Crippen LogP contribution < -0.4 is 5.56 Å². The average molecular weight is 421 g/mol. The Morgan fingerprint density at radius 1 is 1.20 bits per heavy atom. The molecule has 2 heterocycles. The second kappa shape index (κ2) is 7.84. The zero-order valence-corrected chi connectivity index (χ0v) is 15.9. The van der Waals surface area contributed by atoms with Crippen LogP contribution in [0.3, 0.4) is 0 Å². The maximum atomic E-state index is 12.5. The van der Waals surface area contributed by atoms with Gasteiger partial charge in [0.05, 0.1) is 17.3 Å². The van der Waals surface area contributed by atoms with Gasteiger partial charge in [0, 0.05) is 28.5 Å². The predicted octanol–water partition coefficient (Wildman–Crippen LogP) is 3.81. The summed E-state index contributed by atoms with van der Waals surface area (Å²) in [5.74, 6) is -0.696. The normalized spacial score (nSPS) is 12.1. The van der Waals surface area contributed by atoms with Crippen LogP contribution in [0.15, 0.2) is 51.0 Å². The van der Waals surface area contributed by atoms with E-state index in [-0.39, 0.29) is 23.9 Å². The first-order valence-electron chi connectivity index (χ1n) is 7.74. The van der Waals surface area contributed by atoms with E-state index in [4.69, 9.17) is 4.74 Å². The predicted molar refractivity (Wildman–Crippen MR) is 101 cm³/mol. The molecule has 130 valence electrons. The van der Waals surface area contributed by atoms with Crippen LogP contribution >= 0.6 is 27.3 Å². The fourth-order valence-corrected chi connectivity index (χ4v) is 4.36. The van der Waals surface area contributed by atoms with E-state index in [1.165, 1.54) is 18.4 Å². The third kappa shape index (κ3) is 4.11. The molecule has 0 radical (unpaired) electrons. The van der Waals surface area contributed by atoms with Crippen LogP contribution in [0, 0.1) is 0 Å². The maximum Gasteiger partial charge on any atom is 0.306 e. The molecule has 1 unspecified atom stereocenters. The van der Waals surface area contributed by atoms with E-state index in [1.54, 1.807) is 0 Å². The van der Waals surface area contributed by atoms with Crippen molar-refractivity contribution in [2.45, 2.75) is 18.8 Å². The van der Waals surface area contributed by atoms with Crippen molar-refractivity contribution in [2.75, 3.05) is 7.11 Å². The Balaban J connectivity index is 2.02. The SMILES string of the molecule is COC(=O)CC(c1ccc(Br)s1)c1c(Cc2ccccc2)[nH][nH]c1=O. The topological polar surface area (TPSA) is 75.0 Å². The largest absolute Gasteiger partial charge is 0.469 e. The number of nitrogens with one attached hydrogen (secondary N) is 2. The van der Waals surface area contributed by atoms with E-state index in [1.807, 2.05) is 42.5 Å². The first kappa shape index (κ1) is 17.7. The van der Waals surface area contributed by atoms with E-state index in [0.29, 0.717) is 12.0 Å².